The summed E-state index contributed by atoms with van der Waals surface area (Å²) in [4.78, 5) is 8.83. The zero-order valence-corrected chi connectivity index (χ0v) is 12.4. The molecule has 0 bridgehead atoms. The van der Waals surface area contributed by atoms with Gasteiger partial charge in [-0.05, 0) is 23.7 Å². The lowest BCUT2D eigenvalue weighted by molar-refractivity contribution is 0.568. The normalized spacial score (nSPS) is 12.2. The largest absolute Gasteiger partial charge is 0.337 e. The predicted octanol–water partition coefficient (Wildman–Crippen LogP) is 4.03. The quantitative estimate of drug-likeness (QED) is 0.736. The number of aromatic amines is 1. The summed E-state index contributed by atoms with van der Waals surface area (Å²) in [5.41, 5.74) is 2.60. The Hall–Kier alpha value is -1.46. The molecule has 0 saturated heterocycles. The van der Waals surface area contributed by atoms with E-state index in [9.17, 15) is 0 Å². The second-order valence-electron chi connectivity index (χ2n) is 5.42. The third-order valence-electron chi connectivity index (χ3n) is 2.88. The van der Waals surface area contributed by atoms with Crippen molar-refractivity contribution in [1.29, 1.82) is 0 Å². The Morgan fingerprint density at radius 1 is 1.26 bits per heavy atom. The highest BCUT2D eigenvalue weighted by Gasteiger charge is 2.25. The van der Waals surface area contributed by atoms with E-state index in [1.165, 1.54) is 11.5 Å². The molecular formula is C13H13ClN4S. The molecule has 4 nitrogen and oxygen atoms in total. The molecule has 0 unspecified atom stereocenters. The molecule has 0 saturated carbocycles. The van der Waals surface area contributed by atoms with Gasteiger partial charge in [-0.25, -0.2) is 4.98 Å². The van der Waals surface area contributed by atoms with Crippen LogP contribution >= 0.6 is 23.1 Å². The summed E-state index contributed by atoms with van der Waals surface area (Å²) in [5, 5.41) is 4.88. The van der Waals surface area contributed by atoms with Crippen molar-refractivity contribution < 1.29 is 0 Å². The number of imidazole rings is 1. The van der Waals surface area contributed by atoms with Crippen molar-refractivity contribution in [2.45, 2.75) is 26.2 Å². The van der Waals surface area contributed by atoms with Crippen LogP contribution < -0.4 is 0 Å². The minimum atomic E-state index is -0.0644. The van der Waals surface area contributed by atoms with Gasteiger partial charge in [-0.2, -0.15) is 0 Å². The first kappa shape index (κ1) is 12.6. The van der Waals surface area contributed by atoms with E-state index in [-0.39, 0.29) is 5.41 Å². The Morgan fingerprint density at radius 2 is 2.05 bits per heavy atom. The third-order valence-corrected chi connectivity index (χ3v) is 3.91. The molecule has 0 aliphatic carbocycles. The van der Waals surface area contributed by atoms with Gasteiger partial charge in [-0.3, -0.25) is 0 Å². The lowest BCUT2D eigenvalue weighted by atomic mass is 9.91. The van der Waals surface area contributed by atoms with Gasteiger partial charge < -0.3 is 4.98 Å². The van der Waals surface area contributed by atoms with Gasteiger partial charge in [0.2, 0.25) is 0 Å². The van der Waals surface area contributed by atoms with Crippen LogP contribution in [0, 0.1) is 0 Å². The molecule has 1 aromatic carbocycles. The molecule has 0 atom stereocenters. The number of halogens is 1. The van der Waals surface area contributed by atoms with Gasteiger partial charge in [0, 0.05) is 5.41 Å². The fourth-order valence-corrected chi connectivity index (χ4v) is 2.98. The van der Waals surface area contributed by atoms with Gasteiger partial charge in [-0.1, -0.05) is 42.9 Å². The van der Waals surface area contributed by atoms with Crippen molar-refractivity contribution in [3.8, 4) is 10.7 Å². The maximum absolute atomic E-state index is 6.15. The van der Waals surface area contributed by atoms with Crippen LogP contribution in [0.1, 0.15) is 26.5 Å². The van der Waals surface area contributed by atoms with Crippen LogP contribution in [0.2, 0.25) is 5.02 Å². The van der Waals surface area contributed by atoms with E-state index in [1.807, 2.05) is 18.2 Å². The van der Waals surface area contributed by atoms with Crippen molar-refractivity contribution >= 4 is 34.2 Å². The Balaban J connectivity index is 2.21. The van der Waals surface area contributed by atoms with E-state index >= 15 is 0 Å². The lowest BCUT2D eigenvalue weighted by Crippen LogP contribution is -2.13. The number of H-pyrrole nitrogens is 1. The number of nitrogens with zero attached hydrogens (tertiary/aromatic N) is 3. The molecule has 19 heavy (non-hydrogen) atoms. The van der Waals surface area contributed by atoms with Gasteiger partial charge in [0.25, 0.3) is 0 Å². The molecule has 0 aliphatic rings. The van der Waals surface area contributed by atoms with Gasteiger partial charge in [0.05, 0.1) is 16.2 Å². The van der Waals surface area contributed by atoms with Crippen molar-refractivity contribution in [2.75, 3.05) is 0 Å². The SMILES string of the molecule is CC(C)(C)c1nnsc1-c1nc2c(Cl)cccc2[nH]1. The highest BCUT2D eigenvalue weighted by atomic mass is 35.5. The molecular weight excluding hydrogens is 280 g/mol. The zero-order valence-electron chi connectivity index (χ0n) is 10.9. The Kier molecular flexibility index (Phi) is 2.83. The van der Waals surface area contributed by atoms with Crippen LogP contribution in [-0.2, 0) is 5.41 Å². The van der Waals surface area contributed by atoms with Gasteiger partial charge in [-0.15, -0.1) is 5.10 Å². The van der Waals surface area contributed by atoms with E-state index in [0.29, 0.717) is 5.02 Å². The summed E-state index contributed by atoms with van der Waals surface area (Å²) in [7, 11) is 0. The Labute approximate surface area is 120 Å². The number of hydrogen-bond acceptors (Lipinski definition) is 4. The van der Waals surface area contributed by atoms with E-state index in [4.69, 9.17) is 11.6 Å². The summed E-state index contributed by atoms with van der Waals surface area (Å²) >= 11 is 7.50. The summed E-state index contributed by atoms with van der Waals surface area (Å²) in [6.45, 7) is 6.34. The highest BCUT2D eigenvalue weighted by Crippen LogP contribution is 2.34. The second-order valence-corrected chi connectivity index (χ2v) is 6.58. The number of hydrogen-bond donors (Lipinski definition) is 1. The number of aromatic nitrogens is 4. The first-order valence-corrected chi connectivity index (χ1v) is 7.09. The van der Waals surface area contributed by atoms with Crippen LogP contribution in [0.4, 0.5) is 0 Å². The number of rotatable bonds is 1. The fraction of sp³-hybridized carbons (Fsp3) is 0.308. The Bertz CT molecular complexity index is 739. The molecule has 2 heterocycles. The molecule has 0 fully saturated rings. The van der Waals surface area contributed by atoms with Crippen LogP contribution in [0.5, 0.6) is 0 Å². The van der Waals surface area contributed by atoms with Crippen LogP contribution in [0.25, 0.3) is 21.7 Å². The van der Waals surface area contributed by atoms with Crippen LogP contribution in [0.15, 0.2) is 18.2 Å². The molecule has 98 valence electrons. The number of benzene rings is 1. The maximum atomic E-state index is 6.15. The summed E-state index contributed by atoms with van der Waals surface area (Å²) in [6.07, 6.45) is 0. The van der Waals surface area contributed by atoms with Gasteiger partial charge >= 0.3 is 0 Å². The molecule has 3 aromatic rings. The summed E-state index contributed by atoms with van der Waals surface area (Å²) < 4.78 is 4.06. The van der Waals surface area contributed by atoms with E-state index < -0.39 is 0 Å². The third kappa shape index (κ3) is 2.13. The first-order chi connectivity index (χ1) is 8.97. The average molecular weight is 293 g/mol. The number of nitrogens with one attached hydrogen (secondary N) is 1. The molecule has 0 radical (unpaired) electrons. The fourth-order valence-electron chi connectivity index (χ4n) is 1.94. The van der Waals surface area contributed by atoms with Gasteiger partial charge in [0.1, 0.15) is 10.4 Å². The molecule has 0 spiro atoms. The molecule has 1 N–H and O–H groups in total. The van der Waals surface area contributed by atoms with E-state index in [0.717, 1.165) is 27.4 Å². The maximum Gasteiger partial charge on any atom is 0.152 e. The van der Waals surface area contributed by atoms with Crippen molar-refractivity contribution in [3.63, 3.8) is 0 Å². The standard InChI is InChI=1S/C13H13ClN4S/c1-13(2,3)11-10(19-18-17-11)12-15-8-6-4-5-7(14)9(8)16-12/h4-6H,1-3H3,(H,15,16). The molecule has 6 heteroatoms. The van der Waals surface area contributed by atoms with Crippen molar-refractivity contribution in [3.05, 3.63) is 28.9 Å². The van der Waals surface area contributed by atoms with Crippen LogP contribution in [0.3, 0.4) is 0 Å². The summed E-state index contributed by atoms with van der Waals surface area (Å²) in [5.74, 6) is 0.781. The molecule has 2 aromatic heterocycles. The average Bonchev–Trinajstić information content (AvgIpc) is 2.94. The topological polar surface area (TPSA) is 54.5 Å². The molecule has 3 rings (SSSR count). The smallest absolute Gasteiger partial charge is 0.152 e. The summed E-state index contributed by atoms with van der Waals surface area (Å²) in [6, 6.07) is 5.70. The molecule has 0 amide bonds. The molecule has 0 aliphatic heterocycles. The first-order valence-electron chi connectivity index (χ1n) is 5.94. The van der Waals surface area contributed by atoms with E-state index in [2.05, 4.69) is 40.3 Å². The minimum absolute atomic E-state index is 0.0644. The van der Waals surface area contributed by atoms with Crippen molar-refractivity contribution in [1.82, 2.24) is 19.6 Å². The highest BCUT2D eigenvalue weighted by molar-refractivity contribution is 7.09. The van der Waals surface area contributed by atoms with Gasteiger partial charge in [0.15, 0.2) is 5.82 Å². The minimum Gasteiger partial charge on any atom is -0.337 e. The van der Waals surface area contributed by atoms with Crippen molar-refractivity contribution in [2.24, 2.45) is 0 Å². The van der Waals surface area contributed by atoms with E-state index in [1.54, 1.807) is 0 Å². The number of para-hydroxylation sites is 1. The van der Waals surface area contributed by atoms with Crippen LogP contribution in [-0.4, -0.2) is 19.6 Å². The lowest BCUT2D eigenvalue weighted by Gasteiger charge is -2.15. The number of fused-ring (bicyclic) bond motifs is 1. The monoisotopic (exact) mass is 292 g/mol. The second kappa shape index (κ2) is 4.28. The Morgan fingerprint density at radius 3 is 2.74 bits per heavy atom. The zero-order chi connectivity index (χ0) is 13.6. The predicted molar refractivity (Wildman–Crippen MR) is 78.7 cm³/mol.